The van der Waals surface area contributed by atoms with Gasteiger partial charge in [-0.25, -0.2) is 4.79 Å². The number of nitrogens with zero attached hydrogens (tertiary/aromatic N) is 1. The lowest BCUT2D eigenvalue weighted by atomic mass is 10.00. The smallest absolute Gasteiger partial charge is 0.339 e. The standard InChI is InChI=1S/C18H17NO2/c20-18(15-6-2-1-3-7-15)21-16-11-9-14(10-12-16)17-8-4-5-13-19-17/h4-6,8-13H,1-3,7H2. The van der Waals surface area contributed by atoms with E-state index in [1.54, 1.807) is 6.20 Å². The number of benzene rings is 1. The molecule has 3 heteroatoms. The highest BCUT2D eigenvalue weighted by molar-refractivity contribution is 5.90. The first-order valence-electron chi connectivity index (χ1n) is 7.25. The molecule has 0 atom stereocenters. The molecule has 0 unspecified atom stereocenters. The molecule has 0 bridgehead atoms. The number of carbonyl (C=O) groups excluding carboxylic acids is 1. The molecule has 0 N–H and O–H groups in total. The molecular formula is C18H17NO2. The Morgan fingerprint density at radius 1 is 1.05 bits per heavy atom. The largest absolute Gasteiger partial charge is 0.423 e. The molecule has 1 heterocycles. The predicted molar refractivity (Wildman–Crippen MR) is 81.9 cm³/mol. The Kier molecular flexibility index (Phi) is 4.10. The molecule has 2 aromatic rings. The van der Waals surface area contributed by atoms with Crippen LogP contribution in [0, 0.1) is 0 Å². The maximum atomic E-state index is 12.0. The summed E-state index contributed by atoms with van der Waals surface area (Å²) in [6, 6.07) is 13.2. The first kappa shape index (κ1) is 13.6. The van der Waals surface area contributed by atoms with E-state index < -0.39 is 0 Å². The SMILES string of the molecule is O=C(Oc1ccc(-c2ccccn2)cc1)C1=CCCCC1. The van der Waals surface area contributed by atoms with Crippen molar-refractivity contribution in [1.29, 1.82) is 0 Å². The number of rotatable bonds is 3. The summed E-state index contributed by atoms with van der Waals surface area (Å²) in [6.45, 7) is 0. The van der Waals surface area contributed by atoms with Crippen LogP contribution in [0.25, 0.3) is 11.3 Å². The Bertz CT molecular complexity index is 645. The topological polar surface area (TPSA) is 39.2 Å². The van der Waals surface area contributed by atoms with Crippen LogP contribution in [0.5, 0.6) is 5.75 Å². The molecule has 1 aromatic heterocycles. The number of ether oxygens (including phenoxy) is 1. The highest BCUT2D eigenvalue weighted by Crippen LogP contribution is 2.23. The zero-order valence-electron chi connectivity index (χ0n) is 11.8. The average molecular weight is 279 g/mol. The Labute approximate surface area is 124 Å². The molecule has 106 valence electrons. The monoisotopic (exact) mass is 279 g/mol. The van der Waals surface area contributed by atoms with Crippen LogP contribution in [0.15, 0.2) is 60.3 Å². The van der Waals surface area contributed by atoms with E-state index >= 15 is 0 Å². The van der Waals surface area contributed by atoms with Crippen LogP contribution < -0.4 is 4.74 Å². The molecule has 0 amide bonds. The van der Waals surface area contributed by atoms with E-state index in [4.69, 9.17) is 4.74 Å². The molecule has 0 saturated heterocycles. The Morgan fingerprint density at radius 3 is 2.57 bits per heavy atom. The molecule has 3 rings (SSSR count). The molecule has 0 spiro atoms. The molecule has 21 heavy (non-hydrogen) atoms. The Morgan fingerprint density at radius 2 is 1.90 bits per heavy atom. The van der Waals surface area contributed by atoms with Crippen LogP contribution in [-0.4, -0.2) is 11.0 Å². The fourth-order valence-electron chi connectivity index (χ4n) is 2.42. The van der Waals surface area contributed by atoms with Crippen molar-refractivity contribution in [1.82, 2.24) is 4.98 Å². The van der Waals surface area contributed by atoms with Gasteiger partial charge in [-0.1, -0.05) is 12.1 Å². The van der Waals surface area contributed by atoms with Crippen molar-refractivity contribution in [2.45, 2.75) is 25.7 Å². The van der Waals surface area contributed by atoms with Crippen molar-refractivity contribution in [2.75, 3.05) is 0 Å². The molecule has 1 aromatic carbocycles. The molecular weight excluding hydrogens is 262 g/mol. The van der Waals surface area contributed by atoms with E-state index in [2.05, 4.69) is 4.98 Å². The highest BCUT2D eigenvalue weighted by atomic mass is 16.5. The highest BCUT2D eigenvalue weighted by Gasteiger charge is 2.14. The van der Waals surface area contributed by atoms with Gasteiger partial charge in [0.15, 0.2) is 0 Å². The van der Waals surface area contributed by atoms with Gasteiger partial charge >= 0.3 is 5.97 Å². The lowest BCUT2D eigenvalue weighted by Gasteiger charge is -2.12. The number of hydrogen-bond donors (Lipinski definition) is 0. The second-order valence-electron chi connectivity index (χ2n) is 5.10. The second kappa shape index (κ2) is 6.35. The lowest BCUT2D eigenvalue weighted by molar-refractivity contribution is -0.130. The number of esters is 1. The predicted octanol–water partition coefficient (Wildman–Crippen LogP) is 4.15. The third kappa shape index (κ3) is 3.37. The van der Waals surface area contributed by atoms with Crippen LogP contribution in [0.2, 0.25) is 0 Å². The van der Waals surface area contributed by atoms with E-state index in [0.29, 0.717) is 5.75 Å². The van der Waals surface area contributed by atoms with Crippen molar-refractivity contribution >= 4 is 5.97 Å². The van der Waals surface area contributed by atoms with Crippen molar-refractivity contribution in [2.24, 2.45) is 0 Å². The summed E-state index contributed by atoms with van der Waals surface area (Å²) < 4.78 is 5.42. The molecule has 0 fully saturated rings. The number of hydrogen-bond acceptors (Lipinski definition) is 3. The van der Waals surface area contributed by atoms with Crippen LogP contribution in [-0.2, 0) is 4.79 Å². The summed E-state index contributed by atoms with van der Waals surface area (Å²) in [5, 5.41) is 0. The maximum absolute atomic E-state index is 12.0. The van der Waals surface area contributed by atoms with Gasteiger partial charge in [0.2, 0.25) is 0 Å². The van der Waals surface area contributed by atoms with Gasteiger partial charge in [0.1, 0.15) is 5.75 Å². The Balaban J connectivity index is 1.70. The number of allylic oxidation sites excluding steroid dienone is 1. The average Bonchev–Trinajstić information content (AvgIpc) is 2.57. The van der Waals surface area contributed by atoms with Crippen LogP contribution >= 0.6 is 0 Å². The minimum Gasteiger partial charge on any atom is -0.423 e. The molecule has 1 aliphatic rings. The minimum absolute atomic E-state index is 0.222. The van der Waals surface area contributed by atoms with Crippen molar-refractivity contribution < 1.29 is 9.53 Å². The van der Waals surface area contributed by atoms with Gasteiger partial charge in [-0.2, -0.15) is 0 Å². The van der Waals surface area contributed by atoms with E-state index in [1.165, 1.54) is 0 Å². The van der Waals surface area contributed by atoms with Gasteiger partial charge in [0, 0.05) is 17.3 Å². The Hall–Kier alpha value is -2.42. The first-order valence-corrected chi connectivity index (χ1v) is 7.25. The van der Waals surface area contributed by atoms with Crippen molar-refractivity contribution in [3.8, 4) is 17.0 Å². The van der Waals surface area contributed by atoms with Crippen LogP contribution in [0.1, 0.15) is 25.7 Å². The van der Waals surface area contributed by atoms with Crippen LogP contribution in [0.3, 0.4) is 0 Å². The zero-order valence-corrected chi connectivity index (χ0v) is 11.8. The van der Waals surface area contributed by atoms with E-state index in [1.807, 2.05) is 48.5 Å². The number of aromatic nitrogens is 1. The van der Waals surface area contributed by atoms with Gasteiger partial charge in [0.05, 0.1) is 5.69 Å². The van der Waals surface area contributed by atoms with Crippen LogP contribution in [0.4, 0.5) is 0 Å². The van der Waals surface area contributed by atoms with E-state index in [0.717, 1.165) is 42.5 Å². The summed E-state index contributed by atoms with van der Waals surface area (Å²) in [6.07, 6.45) is 7.79. The summed E-state index contributed by atoms with van der Waals surface area (Å²) in [7, 11) is 0. The third-order valence-electron chi connectivity index (χ3n) is 3.58. The molecule has 0 saturated carbocycles. The van der Waals surface area contributed by atoms with Gasteiger partial charge in [-0.3, -0.25) is 4.98 Å². The van der Waals surface area contributed by atoms with E-state index in [-0.39, 0.29) is 5.97 Å². The molecule has 3 nitrogen and oxygen atoms in total. The fourth-order valence-corrected chi connectivity index (χ4v) is 2.42. The summed E-state index contributed by atoms with van der Waals surface area (Å²) >= 11 is 0. The van der Waals surface area contributed by atoms with Gasteiger partial charge in [-0.05, 0) is 62.1 Å². The molecule has 0 aliphatic heterocycles. The minimum atomic E-state index is -0.222. The number of carbonyl (C=O) groups is 1. The normalized spacial score (nSPS) is 14.4. The van der Waals surface area contributed by atoms with Gasteiger partial charge in [0.25, 0.3) is 0 Å². The lowest BCUT2D eigenvalue weighted by Crippen LogP contribution is -2.13. The van der Waals surface area contributed by atoms with Gasteiger partial charge in [-0.15, -0.1) is 0 Å². The zero-order chi connectivity index (χ0) is 14.5. The van der Waals surface area contributed by atoms with Crippen molar-refractivity contribution in [3.63, 3.8) is 0 Å². The second-order valence-corrected chi connectivity index (χ2v) is 5.10. The maximum Gasteiger partial charge on any atom is 0.339 e. The number of pyridine rings is 1. The van der Waals surface area contributed by atoms with E-state index in [9.17, 15) is 4.79 Å². The summed E-state index contributed by atoms with van der Waals surface area (Å²) in [5.41, 5.74) is 2.72. The van der Waals surface area contributed by atoms with Gasteiger partial charge < -0.3 is 4.74 Å². The fraction of sp³-hybridized carbons (Fsp3) is 0.222. The molecule has 0 radical (unpaired) electrons. The quantitative estimate of drug-likeness (QED) is 0.625. The summed E-state index contributed by atoms with van der Waals surface area (Å²) in [5.74, 6) is 0.353. The first-order chi connectivity index (χ1) is 10.3. The molecule has 1 aliphatic carbocycles. The van der Waals surface area contributed by atoms with Crippen molar-refractivity contribution in [3.05, 3.63) is 60.3 Å². The summed E-state index contributed by atoms with van der Waals surface area (Å²) in [4.78, 5) is 16.3. The third-order valence-corrected chi connectivity index (χ3v) is 3.58.